The molecule has 5 nitrogen and oxygen atoms in total. The minimum absolute atomic E-state index is 0.108. The molecule has 0 spiro atoms. The van der Waals surface area contributed by atoms with E-state index in [0.717, 1.165) is 5.69 Å². The number of amides is 1. The third-order valence-corrected chi connectivity index (χ3v) is 3.56. The summed E-state index contributed by atoms with van der Waals surface area (Å²) in [7, 11) is 1.85. The zero-order chi connectivity index (χ0) is 15.9. The number of nitrogens with zero attached hydrogens (tertiary/aromatic N) is 3. The molecule has 2 rings (SSSR count). The van der Waals surface area contributed by atoms with Crippen molar-refractivity contribution in [3.63, 3.8) is 0 Å². The molecule has 0 saturated heterocycles. The molecule has 0 atom stereocenters. The van der Waals surface area contributed by atoms with Gasteiger partial charge in [0.1, 0.15) is 5.82 Å². The van der Waals surface area contributed by atoms with Crippen LogP contribution in [0.5, 0.6) is 0 Å². The molecule has 1 heterocycles. The number of aryl methyl sites for hydroxylation is 2. The first kappa shape index (κ1) is 16.2. The van der Waals surface area contributed by atoms with Crippen LogP contribution in [0.3, 0.4) is 0 Å². The van der Waals surface area contributed by atoms with E-state index < -0.39 is 0 Å². The molecule has 0 fully saturated rings. The monoisotopic (exact) mass is 305 g/mol. The van der Waals surface area contributed by atoms with Gasteiger partial charge in [0.15, 0.2) is 0 Å². The average Bonchev–Trinajstić information content (AvgIpc) is 2.91. The van der Waals surface area contributed by atoms with Crippen LogP contribution in [0.4, 0.5) is 4.39 Å². The molecule has 1 aromatic carbocycles. The predicted molar refractivity (Wildman–Crippen MR) is 80.4 cm³/mol. The SMILES string of the molecule is Cn1cncc1CN(CCO)C(=O)CCc1ccccc1F. The largest absolute Gasteiger partial charge is 0.395 e. The van der Waals surface area contributed by atoms with Crippen LogP contribution >= 0.6 is 0 Å². The van der Waals surface area contributed by atoms with Gasteiger partial charge in [0, 0.05) is 26.2 Å². The third kappa shape index (κ3) is 4.14. The van der Waals surface area contributed by atoms with E-state index in [0.29, 0.717) is 18.5 Å². The van der Waals surface area contributed by atoms with Crippen LogP contribution in [0.2, 0.25) is 0 Å². The highest BCUT2D eigenvalue weighted by molar-refractivity contribution is 5.76. The Bertz CT molecular complexity index is 627. The fraction of sp³-hybridized carbons (Fsp3) is 0.375. The van der Waals surface area contributed by atoms with Crippen LogP contribution in [0, 0.1) is 5.82 Å². The number of hydrogen-bond acceptors (Lipinski definition) is 3. The fourth-order valence-electron chi connectivity index (χ4n) is 2.25. The van der Waals surface area contributed by atoms with Crippen LogP contribution in [0.25, 0.3) is 0 Å². The van der Waals surface area contributed by atoms with Gasteiger partial charge < -0.3 is 14.6 Å². The van der Waals surface area contributed by atoms with E-state index in [4.69, 9.17) is 5.11 Å². The number of aliphatic hydroxyl groups is 1. The van der Waals surface area contributed by atoms with Crippen molar-refractivity contribution in [2.75, 3.05) is 13.2 Å². The van der Waals surface area contributed by atoms with Crippen LogP contribution < -0.4 is 0 Å². The number of aromatic nitrogens is 2. The van der Waals surface area contributed by atoms with Crippen molar-refractivity contribution in [1.82, 2.24) is 14.5 Å². The summed E-state index contributed by atoms with van der Waals surface area (Å²) in [6.45, 7) is 0.526. The lowest BCUT2D eigenvalue weighted by Crippen LogP contribution is -2.33. The summed E-state index contributed by atoms with van der Waals surface area (Å²) >= 11 is 0. The molecule has 22 heavy (non-hydrogen) atoms. The Morgan fingerprint density at radius 1 is 1.41 bits per heavy atom. The quantitative estimate of drug-likeness (QED) is 0.843. The number of aliphatic hydroxyl groups excluding tert-OH is 1. The van der Waals surface area contributed by atoms with Crippen molar-refractivity contribution in [1.29, 1.82) is 0 Å². The van der Waals surface area contributed by atoms with E-state index in [1.807, 2.05) is 11.6 Å². The summed E-state index contributed by atoms with van der Waals surface area (Å²) in [6, 6.07) is 6.45. The lowest BCUT2D eigenvalue weighted by atomic mass is 10.1. The number of carbonyl (C=O) groups is 1. The Balaban J connectivity index is 1.97. The third-order valence-electron chi connectivity index (χ3n) is 3.56. The molecule has 0 saturated carbocycles. The second-order valence-corrected chi connectivity index (χ2v) is 5.13. The van der Waals surface area contributed by atoms with Gasteiger partial charge in [-0.15, -0.1) is 0 Å². The van der Waals surface area contributed by atoms with E-state index in [1.165, 1.54) is 6.07 Å². The highest BCUT2D eigenvalue weighted by atomic mass is 19.1. The molecule has 118 valence electrons. The van der Waals surface area contributed by atoms with Gasteiger partial charge >= 0.3 is 0 Å². The molecule has 2 aromatic rings. The van der Waals surface area contributed by atoms with Gasteiger partial charge in [-0.2, -0.15) is 0 Å². The molecule has 1 aromatic heterocycles. The van der Waals surface area contributed by atoms with Crippen molar-refractivity contribution in [2.45, 2.75) is 19.4 Å². The van der Waals surface area contributed by atoms with Gasteiger partial charge in [0.25, 0.3) is 0 Å². The Labute approximate surface area is 129 Å². The smallest absolute Gasteiger partial charge is 0.223 e. The maximum absolute atomic E-state index is 13.6. The van der Waals surface area contributed by atoms with Crippen molar-refractivity contribution >= 4 is 5.91 Å². The van der Waals surface area contributed by atoms with Crippen LogP contribution in [-0.4, -0.2) is 38.6 Å². The standard InChI is InChI=1S/C16H20FN3O2/c1-19-12-18-10-14(19)11-20(8-9-21)16(22)7-6-13-4-2-3-5-15(13)17/h2-5,10,12,21H,6-9,11H2,1H3. The topological polar surface area (TPSA) is 58.4 Å². The first-order valence-electron chi connectivity index (χ1n) is 7.19. The van der Waals surface area contributed by atoms with Gasteiger partial charge in [-0.05, 0) is 18.1 Å². The number of benzene rings is 1. The van der Waals surface area contributed by atoms with E-state index >= 15 is 0 Å². The van der Waals surface area contributed by atoms with Crippen molar-refractivity contribution < 1.29 is 14.3 Å². The van der Waals surface area contributed by atoms with Crippen LogP contribution in [-0.2, 0) is 24.8 Å². The maximum atomic E-state index is 13.6. The Morgan fingerprint density at radius 2 is 2.18 bits per heavy atom. The molecule has 1 N–H and O–H groups in total. The minimum Gasteiger partial charge on any atom is -0.395 e. The Morgan fingerprint density at radius 3 is 2.82 bits per heavy atom. The second-order valence-electron chi connectivity index (χ2n) is 5.13. The number of halogens is 1. The normalized spacial score (nSPS) is 10.7. The summed E-state index contributed by atoms with van der Waals surface area (Å²) in [6.07, 6.45) is 3.91. The van der Waals surface area contributed by atoms with Gasteiger partial charge in [-0.25, -0.2) is 9.37 Å². The Hall–Kier alpha value is -2.21. The first-order chi connectivity index (χ1) is 10.6. The number of hydrogen-bond donors (Lipinski definition) is 1. The van der Waals surface area contributed by atoms with Crippen molar-refractivity contribution in [3.8, 4) is 0 Å². The molecule has 0 unspecified atom stereocenters. The molecular formula is C16H20FN3O2. The zero-order valence-corrected chi connectivity index (χ0v) is 12.6. The van der Waals surface area contributed by atoms with E-state index in [-0.39, 0.29) is 31.3 Å². The minimum atomic E-state index is -0.296. The number of imidazole rings is 1. The molecule has 6 heteroatoms. The number of carbonyl (C=O) groups excluding carboxylic acids is 1. The van der Waals surface area contributed by atoms with Gasteiger partial charge in [0.05, 0.1) is 25.2 Å². The maximum Gasteiger partial charge on any atom is 0.223 e. The first-order valence-corrected chi connectivity index (χ1v) is 7.19. The summed E-state index contributed by atoms with van der Waals surface area (Å²) in [5, 5.41) is 9.14. The predicted octanol–water partition coefficient (Wildman–Crippen LogP) is 1.51. The van der Waals surface area contributed by atoms with Gasteiger partial charge in [0.2, 0.25) is 5.91 Å². The van der Waals surface area contributed by atoms with E-state index in [2.05, 4.69) is 4.98 Å². The van der Waals surface area contributed by atoms with Crippen molar-refractivity contribution in [3.05, 3.63) is 53.9 Å². The molecule has 0 radical (unpaired) electrons. The van der Waals surface area contributed by atoms with Crippen LogP contribution in [0.1, 0.15) is 17.7 Å². The van der Waals surface area contributed by atoms with Crippen molar-refractivity contribution in [2.24, 2.45) is 7.05 Å². The number of rotatable bonds is 7. The average molecular weight is 305 g/mol. The summed E-state index contributed by atoms with van der Waals surface area (Å²) in [4.78, 5) is 17.9. The molecule has 0 aliphatic heterocycles. The lowest BCUT2D eigenvalue weighted by Gasteiger charge is -2.22. The van der Waals surface area contributed by atoms with E-state index in [9.17, 15) is 9.18 Å². The molecular weight excluding hydrogens is 285 g/mol. The summed E-state index contributed by atoms with van der Waals surface area (Å²) in [5.74, 6) is -0.408. The summed E-state index contributed by atoms with van der Waals surface area (Å²) in [5.41, 5.74) is 1.41. The molecule has 0 aliphatic rings. The van der Waals surface area contributed by atoms with E-state index in [1.54, 1.807) is 35.6 Å². The molecule has 0 bridgehead atoms. The zero-order valence-electron chi connectivity index (χ0n) is 12.6. The van der Waals surface area contributed by atoms with Gasteiger partial charge in [-0.3, -0.25) is 4.79 Å². The highest BCUT2D eigenvalue weighted by Crippen LogP contribution is 2.11. The van der Waals surface area contributed by atoms with Crippen LogP contribution in [0.15, 0.2) is 36.8 Å². The molecule has 0 aliphatic carbocycles. The summed E-state index contributed by atoms with van der Waals surface area (Å²) < 4.78 is 15.4. The Kier molecular flexibility index (Phi) is 5.66. The molecule has 1 amide bonds. The fourth-order valence-corrected chi connectivity index (χ4v) is 2.25. The highest BCUT2D eigenvalue weighted by Gasteiger charge is 2.15. The lowest BCUT2D eigenvalue weighted by molar-refractivity contribution is -0.132. The van der Waals surface area contributed by atoms with Gasteiger partial charge in [-0.1, -0.05) is 18.2 Å². The second kappa shape index (κ2) is 7.70.